The predicted molar refractivity (Wildman–Crippen MR) is 79.1 cm³/mol. The van der Waals surface area contributed by atoms with E-state index in [4.69, 9.17) is 9.47 Å². The normalized spacial score (nSPS) is 16.0. The first-order valence-corrected chi connectivity index (χ1v) is 7.29. The van der Waals surface area contributed by atoms with E-state index in [2.05, 4.69) is 6.58 Å². The Balaban J connectivity index is 1.68. The first kappa shape index (κ1) is 14.4. The van der Waals surface area contributed by atoms with Gasteiger partial charge in [0.05, 0.1) is 6.42 Å². The summed E-state index contributed by atoms with van der Waals surface area (Å²) in [5.41, 5.74) is 0.845. The van der Waals surface area contributed by atoms with Crippen molar-refractivity contribution in [3.63, 3.8) is 0 Å². The van der Waals surface area contributed by atoms with Gasteiger partial charge in [0, 0.05) is 19.5 Å². The molecular weight excluding hydrogens is 284 g/mol. The van der Waals surface area contributed by atoms with Crippen molar-refractivity contribution in [3.8, 4) is 11.5 Å². The van der Waals surface area contributed by atoms with Gasteiger partial charge in [0.2, 0.25) is 18.6 Å². The standard InChI is InChI=1S/C16H18N2O4/c1-2-4-15(19)17-7-3-8-18(17)16(20)10-12-5-6-13-14(9-12)22-11-21-13/h2,5-6,9H,1,3-4,7-8,10-11H2. The number of carbonyl (C=O) groups is 2. The van der Waals surface area contributed by atoms with Gasteiger partial charge in [-0.05, 0) is 24.1 Å². The van der Waals surface area contributed by atoms with Crippen molar-refractivity contribution >= 4 is 11.8 Å². The second-order valence-electron chi connectivity index (χ2n) is 5.24. The van der Waals surface area contributed by atoms with Crippen LogP contribution < -0.4 is 9.47 Å². The Morgan fingerprint density at radius 2 is 1.86 bits per heavy atom. The molecule has 0 spiro atoms. The van der Waals surface area contributed by atoms with E-state index in [1.165, 1.54) is 10.0 Å². The molecule has 0 saturated carbocycles. The van der Waals surface area contributed by atoms with Crippen molar-refractivity contribution in [1.29, 1.82) is 0 Å². The summed E-state index contributed by atoms with van der Waals surface area (Å²) in [7, 11) is 0. The van der Waals surface area contributed by atoms with Gasteiger partial charge in [-0.15, -0.1) is 6.58 Å². The molecule has 2 aliphatic heterocycles. The third-order valence-electron chi connectivity index (χ3n) is 3.72. The topological polar surface area (TPSA) is 59.1 Å². The Morgan fingerprint density at radius 3 is 2.64 bits per heavy atom. The number of nitrogens with zero attached hydrogens (tertiary/aromatic N) is 2. The minimum Gasteiger partial charge on any atom is -0.454 e. The Bertz CT molecular complexity index is 614. The molecule has 1 saturated heterocycles. The van der Waals surface area contributed by atoms with Crippen LogP contribution >= 0.6 is 0 Å². The number of amides is 2. The molecule has 1 aromatic rings. The number of fused-ring (bicyclic) bond motifs is 1. The highest BCUT2D eigenvalue weighted by Crippen LogP contribution is 2.32. The summed E-state index contributed by atoms with van der Waals surface area (Å²) < 4.78 is 10.6. The average Bonchev–Trinajstić information content (AvgIpc) is 3.16. The molecule has 3 rings (SSSR count). The molecule has 6 nitrogen and oxygen atoms in total. The third kappa shape index (κ3) is 2.77. The lowest BCUT2D eigenvalue weighted by Crippen LogP contribution is -2.45. The van der Waals surface area contributed by atoms with Crippen molar-refractivity contribution in [1.82, 2.24) is 10.0 Å². The van der Waals surface area contributed by atoms with Crippen LogP contribution in [0.4, 0.5) is 0 Å². The van der Waals surface area contributed by atoms with Crippen LogP contribution in [0.15, 0.2) is 30.9 Å². The summed E-state index contributed by atoms with van der Waals surface area (Å²) in [5, 5.41) is 3.06. The fourth-order valence-electron chi connectivity index (χ4n) is 2.68. The highest BCUT2D eigenvalue weighted by molar-refractivity contribution is 5.84. The number of hydrogen-bond acceptors (Lipinski definition) is 4. The summed E-state index contributed by atoms with van der Waals surface area (Å²) in [6.45, 7) is 4.94. The molecule has 22 heavy (non-hydrogen) atoms. The molecule has 6 heteroatoms. The zero-order valence-electron chi connectivity index (χ0n) is 12.3. The zero-order valence-corrected chi connectivity index (χ0v) is 12.3. The molecule has 0 N–H and O–H groups in total. The highest BCUT2D eigenvalue weighted by atomic mass is 16.7. The van der Waals surface area contributed by atoms with Gasteiger partial charge in [-0.2, -0.15) is 0 Å². The molecule has 0 unspecified atom stereocenters. The van der Waals surface area contributed by atoms with Crippen LogP contribution in [0.2, 0.25) is 0 Å². The second kappa shape index (κ2) is 6.09. The van der Waals surface area contributed by atoms with E-state index >= 15 is 0 Å². The monoisotopic (exact) mass is 302 g/mol. The largest absolute Gasteiger partial charge is 0.454 e. The van der Waals surface area contributed by atoms with Crippen LogP contribution in [-0.2, 0) is 16.0 Å². The van der Waals surface area contributed by atoms with Crippen molar-refractivity contribution in [2.75, 3.05) is 19.9 Å². The van der Waals surface area contributed by atoms with E-state index in [-0.39, 0.29) is 31.4 Å². The Labute approximate surface area is 128 Å². The van der Waals surface area contributed by atoms with Crippen LogP contribution in [0.3, 0.4) is 0 Å². The van der Waals surface area contributed by atoms with E-state index < -0.39 is 0 Å². The van der Waals surface area contributed by atoms with Gasteiger partial charge in [0.1, 0.15) is 0 Å². The summed E-state index contributed by atoms with van der Waals surface area (Å²) in [5.74, 6) is 1.17. The molecule has 2 aliphatic rings. The molecular formula is C16H18N2O4. The maximum Gasteiger partial charge on any atom is 0.245 e. The SMILES string of the molecule is C=CCC(=O)N1CCCN1C(=O)Cc1ccc2c(c1)OCO2. The van der Waals surface area contributed by atoms with Gasteiger partial charge in [0.15, 0.2) is 11.5 Å². The van der Waals surface area contributed by atoms with Crippen molar-refractivity contribution < 1.29 is 19.1 Å². The number of ether oxygens (including phenoxy) is 2. The first-order chi connectivity index (χ1) is 10.7. The highest BCUT2D eigenvalue weighted by Gasteiger charge is 2.30. The number of benzene rings is 1. The van der Waals surface area contributed by atoms with Crippen molar-refractivity contribution in [2.24, 2.45) is 0 Å². The summed E-state index contributed by atoms with van der Waals surface area (Å²) in [6.07, 6.45) is 2.83. The van der Waals surface area contributed by atoms with Crippen LogP contribution in [0.25, 0.3) is 0 Å². The molecule has 0 radical (unpaired) electrons. The van der Waals surface area contributed by atoms with E-state index in [1.54, 1.807) is 12.1 Å². The quantitative estimate of drug-likeness (QED) is 0.791. The van der Waals surface area contributed by atoms with Gasteiger partial charge >= 0.3 is 0 Å². The number of hydrogen-bond donors (Lipinski definition) is 0. The molecule has 1 fully saturated rings. The van der Waals surface area contributed by atoms with Gasteiger partial charge in [-0.25, -0.2) is 0 Å². The van der Waals surface area contributed by atoms with Gasteiger partial charge in [0.25, 0.3) is 0 Å². The van der Waals surface area contributed by atoms with E-state index in [0.717, 1.165) is 12.0 Å². The first-order valence-electron chi connectivity index (χ1n) is 7.29. The predicted octanol–water partition coefficient (Wildman–Crippen LogP) is 1.51. The lowest BCUT2D eigenvalue weighted by atomic mass is 10.1. The minimum absolute atomic E-state index is 0.0891. The van der Waals surface area contributed by atoms with Crippen LogP contribution in [0.1, 0.15) is 18.4 Å². The molecule has 0 aliphatic carbocycles. The maximum absolute atomic E-state index is 12.5. The lowest BCUT2D eigenvalue weighted by Gasteiger charge is -2.27. The number of rotatable bonds is 4. The maximum atomic E-state index is 12.5. The van der Waals surface area contributed by atoms with Crippen LogP contribution in [-0.4, -0.2) is 41.7 Å². The molecule has 0 atom stereocenters. The second-order valence-corrected chi connectivity index (χ2v) is 5.24. The summed E-state index contributed by atoms with van der Waals surface area (Å²) >= 11 is 0. The van der Waals surface area contributed by atoms with Gasteiger partial charge in [-0.1, -0.05) is 12.1 Å². The van der Waals surface area contributed by atoms with Gasteiger partial charge < -0.3 is 9.47 Å². The fourth-order valence-corrected chi connectivity index (χ4v) is 2.68. The third-order valence-corrected chi connectivity index (χ3v) is 3.72. The van der Waals surface area contributed by atoms with Gasteiger partial charge in [-0.3, -0.25) is 19.6 Å². The van der Waals surface area contributed by atoms with Crippen LogP contribution in [0.5, 0.6) is 11.5 Å². The number of carbonyl (C=O) groups excluding carboxylic acids is 2. The molecule has 116 valence electrons. The van der Waals surface area contributed by atoms with E-state index in [9.17, 15) is 9.59 Å². The Morgan fingerprint density at radius 1 is 1.14 bits per heavy atom. The van der Waals surface area contributed by atoms with E-state index in [1.807, 2.05) is 12.1 Å². The molecule has 0 aromatic heterocycles. The summed E-state index contributed by atoms with van der Waals surface area (Å²) in [6, 6.07) is 5.46. The van der Waals surface area contributed by atoms with Crippen molar-refractivity contribution in [2.45, 2.75) is 19.3 Å². The molecule has 2 heterocycles. The summed E-state index contributed by atoms with van der Waals surface area (Å²) in [4.78, 5) is 24.5. The number of hydrazine groups is 1. The van der Waals surface area contributed by atoms with E-state index in [0.29, 0.717) is 24.6 Å². The minimum atomic E-state index is -0.0912. The van der Waals surface area contributed by atoms with Crippen LogP contribution in [0, 0.1) is 0 Å². The Hall–Kier alpha value is -2.50. The van der Waals surface area contributed by atoms with Crippen molar-refractivity contribution in [3.05, 3.63) is 36.4 Å². The smallest absolute Gasteiger partial charge is 0.245 e. The lowest BCUT2D eigenvalue weighted by molar-refractivity contribution is -0.156. The fraction of sp³-hybridized carbons (Fsp3) is 0.375. The molecule has 1 aromatic carbocycles. The molecule has 0 bridgehead atoms. The average molecular weight is 302 g/mol. The zero-order chi connectivity index (χ0) is 15.5. The Kier molecular flexibility index (Phi) is 4.00. The molecule has 2 amide bonds.